The summed E-state index contributed by atoms with van der Waals surface area (Å²) < 4.78 is 5.16. The van der Waals surface area contributed by atoms with E-state index >= 15 is 0 Å². The van der Waals surface area contributed by atoms with Gasteiger partial charge < -0.3 is 9.84 Å². The Morgan fingerprint density at radius 2 is 2.12 bits per heavy atom. The van der Waals surface area contributed by atoms with Crippen LogP contribution < -0.4 is 4.74 Å². The molecule has 0 atom stereocenters. The van der Waals surface area contributed by atoms with Gasteiger partial charge in [0.1, 0.15) is 5.75 Å². The molecule has 0 saturated heterocycles. The third-order valence-electron chi connectivity index (χ3n) is 2.53. The first-order chi connectivity index (χ1) is 8.20. The number of fused-ring (bicyclic) bond motifs is 1. The number of hydrogen-bond donors (Lipinski definition) is 1. The van der Waals surface area contributed by atoms with Crippen molar-refractivity contribution in [3.63, 3.8) is 0 Å². The third kappa shape index (κ3) is 2.45. The maximum Gasteiger partial charge on any atom is 0.328 e. The van der Waals surface area contributed by atoms with Crippen molar-refractivity contribution in [3.05, 3.63) is 48.0 Å². The maximum absolute atomic E-state index is 10.5. The number of benzene rings is 2. The molecule has 0 amide bonds. The van der Waals surface area contributed by atoms with Crippen LogP contribution in [0, 0.1) is 0 Å². The van der Waals surface area contributed by atoms with Gasteiger partial charge in [0, 0.05) is 6.08 Å². The highest BCUT2D eigenvalue weighted by molar-refractivity contribution is 5.94. The smallest absolute Gasteiger partial charge is 0.328 e. The summed E-state index contributed by atoms with van der Waals surface area (Å²) in [7, 11) is 1.61. The predicted octanol–water partition coefficient (Wildman–Crippen LogP) is 2.95. The fraction of sp³-hybridized carbons (Fsp3) is 0.0714. The number of carboxylic acid groups (broad SMARTS) is 1. The number of ether oxygens (including phenoxy) is 1. The van der Waals surface area contributed by atoms with Gasteiger partial charge in [-0.15, -0.1) is 0 Å². The van der Waals surface area contributed by atoms with E-state index in [1.54, 1.807) is 13.2 Å². The highest BCUT2D eigenvalue weighted by Crippen LogP contribution is 2.24. The summed E-state index contributed by atoms with van der Waals surface area (Å²) in [6.45, 7) is 0. The van der Waals surface area contributed by atoms with Gasteiger partial charge in [-0.1, -0.05) is 24.3 Å². The molecule has 0 heterocycles. The number of carboxylic acids is 1. The standard InChI is InChI=1S/C14H12O3/c1-17-12-7-5-10-3-2-4-11(13(10)9-12)6-8-14(15)16/h2-9H,1H3,(H,15,16). The molecule has 1 N–H and O–H groups in total. The van der Waals surface area contributed by atoms with E-state index in [1.807, 2.05) is 36.4 Å². The second-order valence-corrected chi connectivity index (χ2v) is 3.61. The van der Waals surface area contributed by atoms with E-state index in [9.17, 15) is 4.79 Å². The molecule has 2 aromatic carbocycles. The van der Waals surface area contributed by atoms with Gasteiger partial charge in [0.25, 0.3) is 0 Å². The van der Waals surface area contributed by atoms with Crippen LogP contribution in [0.5, 0.6) is 5.75 Å². The molecule has 0 spiro atoms. The number of rotatable bonds is 3. The van der Waals surface area contributed by atoms with Gasteiger partial charge in [0.2, 0.25) is 0 Å². The summed E-state index contributed by atoms with van der Waals surface area (Å²) in [6.07, 6.45) is 2.72. The van der Waals surface area contributed by atoms with Gasteiger partial charge in [0.15, 0.2) is 0 Å². The summed E-state index contributed by atoms with van der Waals surface area (Å²) in [5, 5.41) is 10.7. The predicted molar refractivity (Wildman–Crippen MR) is 67.2 cm³/mol. The van der Waals surface area contributed by atoms with Crippen molar-refractivity contribution >= 4 is 22.8 Å². The summed E-state index contributed by atoms with van der Waals surface area (Å²) in [4.78, 5) is 10.5. The summed E-state index contributed by atoms with van der Waals surface area (Å²) in [6, 6.07) is 11.5. The number of aliphatic carboxylic acids is 1. The van der Waals surface area contributed by atoms with E-state index in [1.165, 1.54) is 0 Å². The lowest BCUT2D eigenvalue weighted by molar-refractivity contribution is -0.131. The van der Waals surface area contributed by atoms with Crippen molar-refractivity contribution in [2.45, 2.75) is 0 Å². The van der Waals surface area contributed by atoms with Gasteiger partial charge in [-0.3, -0.25) is 0 Å². The normalized spacial score (nSPS) is 10.9. The molecule has 3 heteroatoms. The topological polar surface area (TPSA) is 46.5 Å². The first-order valence-electron chi connectivity index (χ1n) is 5.18. The van der Waals surface area contributed by atoms with Crippen LogP contribution in [0.4, 0.5) is 0 Å². The zero-order valence-electron chi connectivity index (χ0n) is 9.38. The van der Waals surface area contributed by atoms with E-state index < -0.39 is 5.97 Å². The van der Waals surface area contributed by atoms with Crippen molar-refractivity contribution in [1.29, 1.82) is 0 Å². The fourth-order valence-electron chi connectivity index (χ4n) is 1.71. The zero-order chi connectivity index (χ0) is 12.3. The van der Waals surface area contributed by atoms with E-state index in [2.05, 4.69) is 0 Å². The Morgan fingerprint density at radius 1 is 1.29 bits per heavy atom. The lowest BCUT2D eigenvalue weighted by Gasteiger charge is -2.05. The number of hydrogen-bond acceptors (Lipinski definition) is 2. The maximum atomic E-state index is 10.5. The molecule has 0 aliphatic carbocycles. The van der Waals surface area contributed by atoms with Gasteiger partial charge >= 0.3 is 5.97 Å². The van der Waals surface area contributed by atoms with Crippen molar-refractivity contribution in [3.8, 4) is 5.75 Å². The second kappa shape index (κ2) is 4.70. The second-order valence-electron chi connectivity index (χ2n) is 3.61. The van der Waals surface area contributed by atoms with E-state index in [4.69, 9.17) is 9.84 Å². The fourth-order valence-corrected chi connectivity index (χ4v) is 1.71. The minimum Gasteiger partial charge on any atom is -0.497 e. The van der Waals surface area contributed by atoms with Crippen LogP contribution in [-0.4, -0.2) is 18.2 Å². The Hall–Kier alpha value is -2.29. The lowest BCUT2D eigenvalue weighted by atomic mass is 10.0. The van der Waals surface area contributed by atoms with Gasteiger partial charge in [-0.05, 0) is 34.5 Å². The minimum atomic E-state index is -0.954. The zero-order valence-corrected chi connectivity index (χ0v) is 9.38. The number of methoxy groups -OCH3 is 1. The molecule has 2 rings (SSSR count). The minimum absolute atomic E-state index is 0.758. The molecule has 0 bridgehead atoms. The monoisotopic (exact) mass is 228 g/mol. The molecule has 0 radical (unpaired) electrons. The highest BCUT2D eigenvalue weighted by atomic mass is 16.5. The van der Waals surface area contributed by atoms with Crippen LogP contribution in [0.15, 0.2) is 42.5 Å². The Balaban J connectivity index is 2.58. The van der Waals surface area contributed by atoms with Crippen molar-refractivity contribution < 1.29 is 14.6 Å². The molecule has 0 aliphatic rings. The average Bonchev–Trinajstić information content (AvgIpc) is 2.35. The average molecular weight is 228 g/mol. The van der Waals surface area contributed by atoms with E-state index in [0.717, 1.165) is 28.2 Å². The van der Waals surface area contributed by atoms with E-state index in [0.29, 0.717) is 0 Å². The Bertz CT molecular complexity index is 585. The highest BCUT2D eigenvalue weighted by Gasteiger charge is 2.00. The van der Waals surface area contributed by atoms with Gasteiger partial charge in [-0.2, -0.15) is 0 Å². The SMILES string of the molecule is COc1ccc2cccc(C=CC(=O)O)c2c1. The van der Waals surface area contributed by atoms with Crippen LogP contribution in [0.25, 0.3) is 16.8 Å². The van der Waals surface area contributed by atoms with Crippen LogP contribution in [-0.2, 0) is 4.79 Å². The Labute approximate surface area is 99.0 Å². The van der Waals surface area contributed by atoms with Gasteiger partial charge in [0.05, 0.1) is 7.11 Å². The molecule has 2 aromatic rings. The first-order valence-corrected chi connectivity index (χ1v) is 5.18. The number of carbonyl (C=O) groups is 1. The third-order valence-corrected chi connectivity index (χ3v) is 2.53. The molecular formula is C14H12O3. The van der Waals surface area contributed by atoms with Crippen molar-refractivity contribution in [1.82, 2.24) is 0 Å². The van der Waals surface area contributed by atoms with Crippen LogP contribution in [0.3, 0.4) is 0 Å². The Kier molecular flexibility index (Phi) is 3.10. The first kappa shape index (κ1) is 11.2. The molecule has 3 nitrogen and oxygen atoms in total. The molecule has 0 saturated carbocycles. The van der Waals surface area contributed by atoms with Crippen LogP contribution in [0.1, 0.15) is 5.56 Å². The van der Waals surface area contributed by atoms with Gasteiger partial charge in [-0.25, -0.2) is 4.79 Å². The summed E-state index contributed by atoms with van der Waals surface area (Å²) in [5.41, 5.74) is 0.865. The van der Waals surface area contributed by atoms with Crippen LogP contribution in [0.2, 0.25) is 0 Å². The molecule has 17 heavy (non-hydrogen) atoms. The summed E-state index contributed by atoms with van der Waals surface area (Å²) >= 11 is 0. The molecule has 0 aromatic heterocycles. The molecule has 86 valence electrons. The quantitative estimate of drug-likeness (QED) is 0.821. The summed E-state index contributed by atoms with van der Waals surface area (Å²) in [5.74, 6) is -0.196. The molecule has 0 aliphatic heterocycles. The largest absolute Gasteiger partial charge is 0.497 e. The van der Waals surface area contributed by atoms with Crippen LogP contribution >= 0.6 is 0 Å². The van der Waals surface area contributed by atoms with Crippen molar-refractivity contribution in [2.75, 3.05) is 7.11 Å². The Morgan fingerprint density at radius 3 is 2.82 bits per heavy atom. The molecule has 0 unspecified atom stereocenters. The van der Waals surface area contributed by atoms with Crippen molar-refractivity contribution in [2.24, 2.45) is 0 Å². The van der Waals surface area contributed by atoms with E-state index in [-0.39, 0.29) is 0 Å². The molecule has 0 fully saturated rings. The lowest BCUT2D eigenvalue weighted by Crippen LogP contribution is -1.87. The molecular weight excluding hydrogens is 216 g/mol.